The van der Waals surface area contributed by atoms with Crippen molar-refractivity contribution >= 4 is 0 Å². The Bertz CT molecular complexity index is 572. The predicted molar refractivity (Wildman–Crippen MR) is 86.7 cm³/mol. The summed E-state index contributed by atoms with van der Waals surface area (Å²) >= 11 is 0. The van der Waals surface area contributed by atoms with Crippen molar-refractivity contribution in [2.45, 2.75) is 38.8 Å². The van der Waals surface area contributed by atoms with Gasteiger partial charge in [-0.25, -0.2) is 0 Å². The van der Waals surface area contributed by atoms with Gasteiger partial charge in [0.25, 0.3) is 0 Å². The minimum atomic E-state index is 0.642. The minimum Gasteiger partial charge on any atom is -0.489 e. The maximum absolute atomic E-state index is 5.91. The fourth-order valence-corrected chi connectivity index (χ4v) is 2.44. The summed E-state index contributed by atoms with van der Waals surface area (Å²) in [6, 6.07) is 17.6. The van der Waals surface area contributed by atoms with E-state index in [1.807, 2.05) is 12.1 Å². The second-order valence-corrected chi connectivity index (χ2v) is 5.85. The highest BCUT2D eigenvalue weighted by Gasteiger charge is 2.19. The van der Waals surface area contributed by atoms with Gasteiger partial charge in [-0.3, -0.25) is 0 Å². The monoisotopic (exact) mass is 281 g/mol. The normalized spacial score (nSPS) is 14.1. The third kappa shape index (κ3) is 4.33. The van der Waals surface area contributed by atoms with E-state index in [0.717, 1.165) is 24.8 Å². The first-order chi connectivity index (χ1) is 10.3. The molecule has 1 aliphatic carbocycles. The highest BCUT2D eigenvalue weighted by Crippen LogP contribution is 2.19. The van der Waals surface area contributed by atoms with Gasteiger partial charge >= 0.3 is 0 Å². The maximum Gasteiger partial charge on any atom is 0.119 e. The number of ether oxygens (including phenoxy) is 1. The molecule has 1 N–H and O–H groups in total. The lowest BCUT2D eigenvalue weighted by Crippen LogP contribution is -2.19. The summed E-state index contributed by atoms with van der Waals surface area (Å²) in [5, 5.41) is 3.57. The zero-order chi connectivity index (χ0) is 14.5. The molecule has 2 aromatic carbocycles. The molecule has 0 radical (unpaired) electrons. The first-order valence-electron chi connectivity index (χ1n) is 7.81. The number of benzene rings is 2. The van der Waals surface area contributed by atoms with Crippen LogP contribution >= 0.6 is 0 Å². The second-order valence-electron chi connectivity index (χ2n) is 5.85. The van der Waals surface area contributed by atoms with Crippen LogP contribution in [0.3, 0.4) is 0 Å². The van der Waals surface area contributed by atoms with Crippen LogP contribution in [0.15, 0.2) is 48.5 Å². The van der Waals surface area contributed by atoms with E-state index in [9.17, 15) is 0 Å². The van der Waals surface area contributed by atoms with Crippen LogP contribution in [0.25, 0.3) is 0 Å². The first-order valence-corrected chi connectivity index (χ1v) is 7.81. The zero-order valence-electron chi connectivity index (χ0n) is 12.6. The molecule has 2 nitrogen and oxygen atoms in total. The van der Waals surface area contributed by atoms with Crippen LogP contribution in [0.2, 0.25) is 0 Å². The molecule has 1 saturated carbocycles. The quantitative estimate of drug-likeness (QED) is 0.832. The summed E-state index contributed by atoms with van der Waals surface area (Å²) in [6.45, 7) is 3.79. The number of nitrogens with one attached hydrogen (secondary N) is 1. The van der Waals surface area contributed by atoms with Crippen LogP contribution < -0.4 is 10.1 Å². The Balaban J connectivity index is 1.57. The third-order valence-electron chi connectivity index (χ3n) is 3.94. The van der Waals surface area contributed by atoms with E-state index in [-0.39, 0.29) is 0 Å². The smallest absolute Gasteiger partial charge is 0.119 e. The van der Waals surface area contributed by atoms with Gasteiger partial charge in [0.15, 0.2) is 0 Å². The zero-order valence-corrected chi connectivity index (χ0v) is 12.6. The highest BCUT2D eigenvalue weighted by atomic mass is 16.5. The van der Waals surface area contributed by atoms with Gasteiger partial charge in [0, 0.05) is 6.04 Å². The average Bonchev–Trinajstić information content (AvgIpc) is 3.32. The molecular weight excluding hydrogens is 258 g/mol. The number of aryl methyl sites for hydroxylation is 1. The van der Waals surface area contributed by atoms with Gasteiger partial charge in [-0.05, 0) is 56.0 Å². The lowest BCUT2D eigenvalue weighted by Gasteiger charge is -2.11. The molecule has 0 unspecified atom stereocenters. The lowest BCUT2D eigenvalue weighted by molar-refractivity contribution is 0.305. The van der Waals surface area contributed by atoms with Crippen LogP contribution in [-0.4, -0.2) is 12.6 Å². The van der Waals surface area contributed by atoms with Gasteiger partial charge in [0.2, 0.25) is 0 Å². The molecule has 0 spiro atoms. The molecule has 0 aromatic heterocycles. The van der Waals surface area contributed by atoms with E-state index in [1.54, 1.807) is 0 Å². The van der Waals surface area contributed by atoms with E-state index in [1.165, 1.54) is 29.5 Å². The van der Waals surface area contributed by atoms with Crippen LogP contribution in [0, 0.1) is 6.92 Å². The molecule has 2 heteroatoms. The Morgan fingerprint density at radius 1 is 1.00 bits per heavy atom. The molecule has 0 amide bonds. The molecule has 0 bridgehead atoms. The van der Waals surface area contributed by atoms with E-state index in [2.05, 4.69) is 48.6 Å². The predicted octanol–water partition coefficient (Wildman–Crippen LogP) is 3.87. The Hall–Kier alpha value is -1.80. The van der Waals surface area contributed by atoms with Crippen molar-refractivity contribution in [2.24, 2.45) is 0 Å². The van der Waals surface area contributed by atoms with Crippen molar-refractivity contribution in [3.05, 3.63) is 65.2 Å². The number of hydrogen-bond donors (Lipinski definition) is 1. The fraction of sp³-hybridized carbons (Fsp3) is 0.368. The summed E-state index contributed by atoms with van der Waals surface area (Å²) in [6.07, 6.45) is 3.76. The molecule has 3 rings (SSSR count). The summed E-state index contributed by atoms with van der Waals surface area (Å²) in [4.78, 5) is 0. The van der Waals surface area contributed by atoms with Gasteiger partial charge in [-0.2, -0.15) is 0 Å². The molecule has 110 valence electrons. The average molecular weight is 281 g/mol. The molecule has 1 aliphatic rings. The standard InChI is InChI=1S/C19H23NO/c1-15-6-10-19(11-7-15)21-14-17-5-3-2-4-16(17)12-13-20-18-8-9-18/h2-7,10-11,18,20H,8-9,12-14H2,1H3. The van der Waals surface area contributed by atoms with Crippen molar-refractivity contribution in [1.29, 1.82) is 0 Å². The Morgan fingerprint density at radius 2 is 1.71 bits per heavy atom. The van der Waals surface area contributed by atoms with Crippen LogP contribution in [0.1, 0.15) is 29.5 Å². The topological polar surface area (TPSA) is 21.3 Å². The molecule has 21 heavy (non-hydrogen) atoms. The van der Waals surface area contributed by atoms with Gasteiger partial charge in [0.05, 0.1) is 0 Å². The Morgan fingerprint density at radius 3 is 2.43 bits per heavy atom. The van der Waals surface area contributed by atoms with Crippen molar-refractivity contribution in [3.8, 4) is 5.75 Å². The first kappa shape index (κ1) is 14.2. The number of rotatable bonds is 7. The molecule has 2 aromatic rings. The maximum atomic E-state index is 5.91. The fourth-order valence-electron chi connectivity index (χ4n) is 2.44. The third-order valence-corrected chi connectivity index (χ3v) is 3.94. The van der Waals surface area contributed by atoms with Gasteiger partial charge in [-0.1, -0.05) is 42.0 Å². The number of hydrogen-bond acceptors (Lipinski definition) is 2. The summed E-state index contributed by atoms with van der Waals surface area (Å²) < 4.78 is 5.91. The summed E-state index contributed by atoms with van der Waals surface area (Å²) in [5.41, 5.74) is 3.93. The molecule has 0 atom stereocenters. The van der Waals surface area contributed by atoms with E-state index in [0.29, 0.717) is 6.61 Å². The van der Waals surface area contributed by atoms with Crippen molar-refractivity contribution in [3.63, 3.8) is 0 Å². The van der Waals surface area contributed by atoms with E-state index < -0.39 is 0 Å². The van der Waals surface area contributed by atoms with Crippen molar-refractivity contribution < 1.29 is 4.74 Å². The van der Waals surface area contributed by atoms with Gasteiger partial charge in [-0.15, -0.1) is 0 Å². The lowest BCUT2D eigenvalue weighted by atomic mass is 10.1. The largest absolute Gasteiger partial charge is 0.489 e. The van der Waals surface area contributed by atoms with Crippen LogP contribution in [-0.2, 0) is 13.0 Å². The SMILES string of the molecule is Cc1ccc(OCc2ccccc2CCNC2CC2)cc1. The molecule has 1 fully saturated rings. The molecule has 0 aliphatic heterocycles. The van der Waals surface area contributed by atoms with Crippen molar-refractivity contribution in [1.82, 2.24) is 5.32 Å². The summed E-state index contributed by atoms with van der Waals surface area (Å²) in [7, 11) is 0. The molecular formula is C19H23NO. The van der Waals surface area contributed by atoms with E-state index in [4.69, 9.17) is 4.74 Å². The summed E-state index contributed by atoms with van der Waals surface area (Å²) in [5.74, 6) is 0.937. The Kier molecular flexibility index (Phi) is 4.56. The highest BCUT2D eigenvalue weighted by molar-refractivity contribution is 5.29. The Labute approximate surface area is 127 Å². The van der Waals surface area contributed by atoms with Gasteiger partial charge < -0.3 is 10.1 Å². The van der Waals surface area contributed by atoms with E-state index >= 15 is 0 Å². The van der Waals surface area contributed by atoms with Crippen molar-refractivity contribution in [2.75, 3.05) is 6.54 Å². The second kappa shape index (κ2) is 6.77. The minimum absolute atomic E-state index is 0.642. The van der Waals surface area contributed by atoms with Crippen LogP contribution in [0.4, 0.5) is 0 Å². The van der Waals surface area contributed by atoms with Crippen LogP contribution in [0.5, 0.6) is 5.75 Å². The molecule has 0 saturated heterocycles. The van der Waals surface area contributed by atoms with Gasteiger partial charge in [0.1, 0.15) is 12.4 Å². The molecule has 0 heterocycles.